The van der Waals surface area contributed by atoms with Crippen LogP contribution in [0.15, 0.2) is 58.4 Å². The van der Waals surface area contributed by atoms with Crippen molar-refractivity contribution in [2.45, 2.75) is 37.1 Å². The van der Waals surface area contributed by atoms with Crippen molar-refractivity contribution in [1.82, 2.24) is 10.0 Å². The van der Waals surface area contributed by atoms with E-state index in [4.69, 9.17) is 11.6 Å². The topological polar surface area (TPSA) is 87.6 Å². The number of fused-ring (bicyclic) bond motifs is 1. The number of unbranched alkanes of at least 4 members (excludes halogenated alkanes) is 2. The summed E-state index contributed by atoms with van der Waals surface area (Å²) in [6.45, 7) is 0.975. The van der Waals surface area contributed by atoms with Gasteiger partial charge < -0.3 is 5.32 Å². The molecule has 2 aromatic rings. The van der Waals surface area contributed by atoms with Crippen molar-refractivity contribution in [3.63, 3.8) is 0 Å². The van der Waals surface area contributed by atoms with Crippen LogP contribution < -0.4 is 10.0 Å². The minimum absolute atomic E-state index is 0.00349. The van der Waals surface area contributed by atoms with Crippen molar-refractivity contribution in [3.05, 3.63) is 64.7 Å². The fraction of sp³-hybridized carbons (Fsp3) is 0.300. The van der Waals surface area contributed by atoms with Crippen molar-refractivity contribution in [3.8, 4) is 0 Å². The van der Waals surface area contributed by atoms with Crippen molar-refractivity contribution in [2.75, 3.05) is 6.54 Å². The van der Waals surface area contributed by atoms with Gasteiger partial charge in [0.05, 0.1) is 4.90 Å². The van der Waals surface area contributed by atoms with E-state index in [9.17, 15) is 13.2 Å². The minimum atomic E-state index is -3.49. The zero-order valence-corrected chi connectivity index (χ0v) is 16.9. The summed E-state index contributed by atoms with van der Waals surface area (Å²) >= 11 is 5.92. The Morgan fingerprint density at radius 2 is 1.89 bits per heavy atom. The van der Waals surface area contributed by atoms with Crippen LogP contribution in [0.4, 0.5) is 0 Å². The number of amides is 1. The van der Waals surface area contributed by atoms with Crippen molar-refractivity contribution in [1.29, 1.82) is 0 Å². The van der Waals surface area contributed by atoms with E-state index in [2.05, 4.69) is 15.0 Å². The summed E-state index contributed by atoms with van der Waals surface area (Å²) in [6.07, 6.45) is 2.84. The van der Waals surface area contributed by atoms with Gasteiger partial charge in [0.15, 0.2) is 0 Å². The first-order valence-corrected chi connectivity index (χ1v) is 11.0. The van der Waals surface area contributed by atoms with Gasteiger partial charge in [-0.2, -0.15) is 0 Å². The lowest BCUT2D eigenvalue weighted by atomic mass is 10.1. The Morgan fingerprint density at radius 3 is 2.71 bits per heavy atom. The molecule has 28 heavy (non-hydrogen) atoms. The number of hydrogen-bond donors (Lipinski definition) is 2. The quantitative estimate of drug-likeness (QED) is 0.644. The third-order valence-electron chi connectivity index (χ3n) is 4.37. The minimum Gasteiger partial charge on any atom is -0.352 e. The van der Waals surface area contributed by atoms with Gasteiger partial charge in [-0.3, -0.25) is 14.5 Å². The predicted molar refractivity (Wildman–Crippen MR) is 110 cm³/mol. The molecule has 0 unspecified atom stereocenters. The number of carbonyl (C=O) groups is 1. The summed E-state index contributed by atoms with van der Waals surface area (Å²) in [4.78, 5) is 16.5. The number of sulfonamides is 1. The average molecular weight is 420 g/mol. The Balaban J connectivity index is 1.36. The van der Waals surface area contributed by atoms with Gasteiger partial charge in [-0.05, 0) is 42.7 Å². The molecule has 1 aliphatic heterocycles. The van der Waals surface area contributed by atoms with Crippen LogP contribution in [0.2, 0.25) is 5.02 Å². The van der Waals surface area contributed by atoms with Gasteiger partial charge in [0.25, 0.3) is 10.0 Å². The molecular weight excluding hydrogens is 398 g/mol. The van der Waals surface area contributed by atoms with Gasteiger partial charge in [0, 0.05) is 30.1 Å². The molecule has 6 nitrogen and oxygen atoms in total. The number of hydrogen-bond acceptors (Lipinski definition) is 4. The molecule has 0 spiro atoms. The van der Waals surface area contributed by atoms with E-state index in [1.54, 1.807) is 30.3 Å². The number of halogens is 1. The lowest BCUT2D eigenvalue weighted by Crippen LogP contribution is -2.22. The Hall–Kier alpha value is -2.38. The molecule has 8 heteroatoms. The van der Waals surface area contributed by atoms with E-state index in [0.29, 0.717) is 35.9 Å². The van der Waals surface area contributed by atoms with Crippen LogP contribution in [0.1, 0.15) is 36.8 Å². The van der Waals surface area contributed by atoms with E-state index >= 15 is 0 Å². The van der Waals surface area contributed by atoms with Crippen LogP contribution in [0, 0.1) is 0 Å². The Bertz CT molecular complexity index is 990. The fourth-order valence-corrected chi connectivity index (χ4v) is 4.42. The molecule has 0 radical (unpaired) electrons. The van der Waals surface area contributed by atoms with Crippen LogP contribution in [0.3, 0.4) is 0 Å². The van der Waals surface area contributed by atoms with Gasteiger partial charge in [-0.15, -0.1) is 0 Å². The highest BCUT2D eigenvalue weighted by Gasteiger charge is 2.29. The van der Waals surface area contributed by atoms with E-state index in [1.165, 1.54) is 0 Å². The molecule has 0 fully saturated rings. The highest BCUT2D eigenvalue weighted by Crippen LogP contribution is 2.22. The normalized spacial score (nSPS) is 15.8. The second-order valence-electron chi connectivity index (χ2n) is 6.55. The van der Waals surface area contributed by atoms with Crippen LogP contribution in [-0.4, -0.2) is 26.7 Å². The summed E-state index contributed by atoms with van der Waals surface area (Å²) < 4.78 is 26.5. The maximum atomic E-state index is 12.0. The van der Waals surface area contributed by atoms with Crippen LogP contribution in [-0.2, 0) is 21.4 Å². The molecule has 0 saturated heterocycles. The Morgan fingerprint density at radius 1 is 1.07 bits per heavy atom. The van der Waals surface area contributed by atoms with Crippen LogP contribution in [0.5, 0.6) is 0 Å². The number of carbonyl (C=O) groups excluding carboxylic acids is 1. The molecule has 148 valence electrons. The Kier molecular flexibility index (Phi) is 6.70. The number of benzene rings is 2. The van der Waals surface area contributed by atoms with Crippen molar-refractivity contribution < 1.29 is 13.2 Å². The molecule has 0 aromatic heterocycles. The first kappa shape index (κ1) is 20.4. The predicted octanol–water partition coefficient (Wildman–Crippen LogP) is 3.26. The van der Waals surface area contributed by atoms with Crippen molar-refractivity contribution >= 4 is 33.4 Å². The summed E-state index contributed by atoms with van der Waals surface area (Å²) in [5, 5.41) is 3.53. The maximum absolute atomic E-state index is 12.0. The van der Waals surface area contributed by atoms with E-state index < -0.39 is 10.0 Å². The summed E-state index contributed by atoms with van der Waals surface area (Å²) in [5.41, 5.74) is 1.58. The smallest absolute Gasteiger partial charge is 0.263 e. The molecular formula is C20H22ClN3O3S. The van der Waals surface area contributed by atoms with Gasteiger partial charge in [0.1, 0.15) is 5.84 Å². The van der Waals surface area contributed by atoms with E-state index in [-0.39, 0.29) is 10.8 Å². The second kappa shape index (κ2) is 9.21. The SMILES string of the molecule is O=C(CCCCCN=C1NS(=O)(=O)c2ccccc21)NCc1cccc(Cl)c1. The molecule has 2 aromatic carbocycles. The number of amidine groups is 1. The third-order valence-corrected chi connectivity index (χ3v) is 6.01. The van der Waals surface area contributed by atoms with Gasteiger partial charge in [0.2, 0.25) is 5.91 Å². The van der Waals surface area contributed by atoms with Crippen LogP contribution >= 0.6 is 11.6 Å². The largest absolute Gasteiger partial charge is 0.352 e. The number of nitrogens with zero attached hydrogens (tertiary/aromatic N) is 1. The number of aliphatic imine (C=N–C) groups is 1. The third kappa shape index (κ3) is 5.33. The van der Waals surface area contributed by atoms with E-state index in [1.807, 2.05) is 18.2 Å². The summed E-state index contributed by atoms with van der Waals surface area (Å²) in [5.74, 6) is 0.402. The van der Waals surface area contributed by atoms with Gasteiger partial charge >= 0.3 is 0 Å². The van der Waals surface area contributed by atoms with Gasteiger partial charge in [-0.1, -0.05) is 42.3 Å². The monoisotopic (exact) mass is 419 g/mol. The first-order valence-electron chi connectivity index (χ1n) is 9.13. The molecule has 1 aliphatic rings. The second-order valence-corrected chi connectivity index (χ2v) is 8.64. The molecule has 0 saturated carbocycles. The first-order chi connectivity index (χ1) is 13.5. The molecule has 3 rings (SSSR count). The molecule has 2 N–H and O–H groups in total. The summed E-state index contributed by atoms with van der Waals surface area (Å²) in [6, 6.07) is 14.2. The van der Waals surface area contributed by atoms with Gasteiger partial charge in [-0.25, -0.2) is 8.42 Å². The highest BCUT2D eigenvalue weighted by molar-refractivity contribution is 7.90. The highest BCUT2D eigenvalue weighted by atomic mass is 35.5. The molecule has 0 atom stereocenters. The molecule has 0 bridgehead atoms. The molecule has 1 amide bonds. The lowest BCUT2D eigenvalue weighted by Gasteiger charge is -2.05. The zero-order chi connectivity index (χ0) is 20.0. The van der Waals surface area contributed by atoms with E-state index in [0.717, 1.165) is 24.8 Å². The number of rotatable bonds is 8. The fourth-order valence-electron chi connectivity index (χ4n) is 2.95. The summed E-state index contributed by atoms with van der Waals surface area (Å²) in [7, 11) is -3.49. The number of nitrogens with one attached hydrogen (secondary N) is 2. The molecule has 1 heterocycles. The lowest BCUT2D eigenvalue weighted by molar-refractivity contribution is -0.121. The van der Waals surface area contributed by atoms with Crippen LogP contribution in [0.25, 0.3) is 0 Å². The average Bonchev–Trinajstić information content (AvgIpc) is 2.94. The van der Waals surface area contributed by atoms with Crippen molar-refractivity contribution in [2.24, 2.45) is 4.99 Å². The zero-order valence-electron chi connectivity index (χ0n) is 15.3. The maximum Gasteiger partial charge on any atom is 0.263 e. The Labute approximate surface area is 170 Å². The molecule has 0 aliphatic carbocycles. The standard InChI is InChI=1S/C20H22ClN3O3S/c21-16-8-6-7-15(13-16)14-23-19(25)11-2-1-5-12-22-20-17-9-3-4-10-18(17)28(26,27)24-20/h3-4,6-10,13H,1-2,5,11-12,14H2,(H,22,24)(H,23,25).